The second-order valence-corrected chi connectivity index (χ2v) is 5.63. The molecule has 1 aliphatic heterocycles. The number of benzene rings is 1. The lowest BCUT2D eigenvalue weighted by Crippen LogP contribution is -3.06. The molecule has 0 saturated carbocycles. The molecule has 1 aliphatic rings. The molecule has 0 saturated heterocycles. The van der Waals surface area contributed by atoms with Crippen molar-refractivity contribution in [3.8, 4) is 0 Å². The molecule has 0 radical (unpaired) electrons. The number of para-hydroxylation sites is 1. The van der Waals surface area contributed by atoms with Crippen LogP contribution in [0.15, 0.2) is 24.3 Å². The van der Waals surface area contributed by atoms with Gasteiger partial charge in [-0.3, -0.25) is 0 Å². The third kappa shape index (κ3) is 2.82. The first-order valence-corrected chi connectivity index (χ1v) is 6.94. The van der Waals surface area contributed by atoms with E-state index in [-0.39, 0.29) is 0 Å². The molecule has 2 N–H and O–H groups in total. The van der Waals surface area contributed by atoms with E-state index in [2.05, 4.69) is 55.5 Å². The molecular weight excluding hydrogens is 242 g/mol. The number of nitrogens with one attached hydrogen (secondary N) is 2. The van der Waals surface area contributed by atoms with Crippen LogP contribution >= 0.6 is 12.2 Å². The largest absolute Gasteiger partial charge is 0.357 e. The molecule has 0 fully saturated rings. The first-order chi connectivity index (χ1) is 8.59. The zero-order chi connectivity index (χ0) is 13.1. The van der Waals surface area contributed by atoms with Gasteiger partial charge < -0.3 is 15.1 Å². The Hall–Kier alpha value is -1.13. The van der Waals surface area contributed by atoms with Crippen LogP contribution in [-0.4, -0.2) is 38.3 Å². The third-order valence-electron chi connectivity index (χ3n) is 3.33. The van der Waals surface area contributed by atoms with E-state index in [9.17, 15) is 0 Å². The number of likely N-dealkylation sites (N-methyl/N-ethyl adjacent to an activating group) is 1. The molecule has 1 aromatic carbocycles. The van der Waals surface area contributed by atoms with Gasteiger partial charge in [0.15, 0.2) is 5.11 Å². The molecule has 3 nitrogen and oxygen atoms in total. The van der Waals surface area contributed by atoms with E-state index in [1.807, 2.05) is 0 Å². The minimum atomic E-state index is 0.453. The van der Waals surface area contributed by atoms with E-state index in [4.69, 9.17) is 12.2 Å². The fraction of sp³-hybridized carbons (Fsp3) is 0.500. The average molecular weight is 264 g/mol. The van der Waals surface area contributed by atoms with Crippen LogP contribution in [0.5, 0.6) is 0 Å². The summed E-state index contributed by atoms with van der Waals surface area (Å²) in [4.78, 5) is 3.68. The lowest BCUT2D eigenvalue weighted by Gasteiger charge is -2.26. The van der Waals surface area contributed by atoms with Gasteiger partial charge in [0, 0.05) is 11.7 Å². The van der Waals surface area contributed by atoms with Crippen molar-refractivity contribution in [1.82, 2.24) is 5.32 Å². The van der Waals surface area contributed by atoms with Crippen LogP contribution in [0.4, 0.5) is 5.69 Å². The Labute approximate surface area is 115 Å². The molecule has 1 atom stereocenters. The second-order valence-electron chi connectivity index (χ2n) is 5.24. The van der Waals surface area contributed by atoms with Crippen molar-refractivity contribution in [2.24, 2.45) is 0 Å². The number of thiocarbonyl (C=S) groups is 1. The summed E-state index contributed by atoms with van der Waals surface area (Å²) in [5, 5.41) is 4.22. The number of nitrogens with zero attached hydrogens (tertiary/aromatic N) is 1. The normalized spacial score (nSPS) is 18.0. The Bertz CT molecular complexity index is 431. The molecule has 0 amide bonds. The van der Waals surface area contributed by atoms with E-state index in [0.29, 0.717) is 6.04 Å². The highest BCUT2D eigenvalue weighted by molar-refractivity contribution is 7.80. The molecule has 2 rings (SSSR count). The molecule has 18 heavy (non-hydrogen) atoms. The van der Waals surface area contributed by atoms with Gasteiger partial charge in [-0.2, -0.15) is 0 Å². The number of fused-ring (bicyclic) bond motifs is 1. The van der Waals surface area contributed by atoms with E-state index >= 15 is 0 Å². The number of quaternary nitrogens is 1. The molecule has 0 unspecified atom stereocenters. The van der Waals surface area contributed by atoms with Crippen molar-refractivity contribution in [2.75, 3.05) is 32.1 Å². The number of hydrogen-bond donors (Lipinski definition) is 2. The molecule has 0 spiro atoms. The van der Waals surface area contributed by atoms with Crippen molar-refractivity contribution in [3.05, 3.63) is 29.8 Å². The summed E-state index contributed by atoms with van der Waals surface area (Å²) in [7, 11) is 4.30. The van der Waals surface area contributed by atoms with Crippen LogP contribution in [0.25, 0.3) is 0 Å². The highest BCUT2D eigenvalue weighted by Gasteiger charge is 2.28. The smallest absolute Gasteiger partial charge is 0.173 e. The van der Waals surface area contributed by atoms with Gasteiger partial charge in [-0.25, -0.2) is 0 Å². The van der Waals surface area contributed by atoms with Gasteiger partial charge in [-0.1, -0.05) is 18.2 Å². The third-order valence-corrected chi connectivity index (χ3v) is 3.67. The van der Waals surface area contributed by atoms with Gasteiger partial charge in [0.05, 0.1) is 27.2 Å². The van der Waals surface area contributed by atoms with Crippen LogP contribution in [0, 0.1) is 0 Å². The Morgan fingerprint density at radius 2 is 2.17 bits per heavy atom. The van der Waals surface area contributed by atoms with E-state index in [0.717, 1.165) is 24.6 Å². The van der Waals surface area contributed by atoms with Crippen LogP contribution in [-0.2, 0) is 6.42 Å². The lowest BCUT2D eigenvalue weighted by molar-refractivity contribution is -0.856. The van der Waals surface area contributed by atoms with Crippen LogP contribution in [0.3, 0.4) is 0 Å². The van der Waals surface area contributed by atoms with E-state index < -0.39 is 0 Å². The zero-order valence-corrected chi connectivity index (χ0v) is 12.2. The van der Waals surface area contributed by atoms with Crippen LogP contribution in [0.1, 0.15) is 12.5 Å². The van der Waals surface area contributed by atoms with Crippen molar-refractivity contribution in [3.63, 3.8) is 0 Å². The Balaban J connectivity index is 2.02. The summed E-state index contributed by atoms with van der Waals surface area (Å²) in [6.45, 7) is 4.22. The zero-order valence-electron chi connectivity index (χ0n) is 11.4. The predicted molar refractivity (Wildman–Crippen MR) is 80.4 cm³/mol. The van der Waals surface area contributed by atoms with Gasteiger partial charge in [0.25, 0.3) is 0 Å². The molecule has 98 valence electrons. The van der Waals surface area contributed by atoms with Crippen molar-refractivity contribution < 1.29 is 4.90 Å². The molecule has 4 heteroatoms. The van der Waals surface area contributed by atoms with Crippen LogP contribution in [0.2, 0.25) is 0 Å². The van der Waals surface area contributed by atoms with Crippen molar-refractivity contribution >= 4 is 23.0 Å². The van der Waals surface area contributed by atoms with E-state index in [1.54, 1.807) is 0 Å². The topological polar surface area (TPSA) is 19.7 Å². The predicted octanol–water partition coefficient (Wildman–Crippen LogP) is 0.457. The summed E-state index contributed by atoms with van der Waals surface area (Å²) in [6, 6.07) is 8.98. The fourth-order valence-electron chi connectivity index (χ4n) is 2.38. The average Bonchev–Trinajstić information content (AvgIpc) is 2.64. The highest BCUT2D eigenvalue weighted by atomic mass is 32.1. The van der Waals surface area contributed by atoms with Crippen molar-refractivity contribution in [1.29, 1.82) is 0 Å². The minimum Gasteiger partial charge on any atom is -0.357 e. The van der Waals surface area contributed by atoms with Gasteiger partial charge in [0.1, 0.15) is 0 Å². The van der Waals surface area contributed by atoms with Gasteiger partial charge in [-0.05, 0) is 37.2 Å². The van der Waals surface area contributed by atoms with E-state index in [1.165, 1.54) is 16.2 Å². The summed E-state index contributed by atoms with van der Waals surface area (Å²) >= 11 is 5.52. The molecular formula is C14H22N3S+. The Morgan fingerprint density at radius 3 is 2.89 bits per heavy atom. The first kappa shape index (κ1) is 13.3. The van der Waals surface area contributed by atoms with Gasteiger partial charge >= 0.3 is 0 Å². The molecule has 0 aromatic heterocycles. The molecule has 0 bridgehead atoms. The SMILES string of the molecule is C[C@H]1Cc2ccccc2N1C(=S)NCC[NH+](C)C. The number of rotatable bonds is 3. The lowest BCUT2D eigenvalue weighted by atomic mass is 10.1. The maximum Gasteiger partial charge on any atom is 0.173 e. The second kappa shape index (κ2) is 5.67. The fourth-order valence-corrected chi connectivity index (χ4v) is 2.76. The number of hydrogen-bond acceptors (Lipinski definition) is 1. The summed E-state index contributed by atoms with van der Waals surface area (Å²) in [5.41, 5.74) is 2.66. The summed E-state index contributed by atoms with van der Waals surface area (Å²) < 4.78 is 0. The molecule has 1 aromatic rings. The first-order valence-electron chi connectivity index (χ1n) is 6.53. The maximum absolute atomic E-state index is 5.52. The molecule has 0 aliphatic carbocycles. The highest BCUT2D eigenvalue weighted by Crippen LogP contribution is 2.31. The maximum atomic E-state index is 5.52. The van der Waals surface area contributed by atoms with Gasteiger partial charge in [0.2, 0.25) is 0 Å². The summed E-state index contributed by atoms with van der Waals surface area (Å²) in [5.74, 6) is 0. The monoisotopic (exact) mass is 264 g/mol. The number of anilines is 1. The summed E-state index contributed by atoms with van der Waals surface area (Å²) in [6.07, 6.45) is 1.08. The quantitative estimate of drug-likeness (QED) is 0.774. The minimum absolute atomic E-state index is 0.453. The molecule has 1 heterocycles. The Kier molecular flexibility index (Phi) is 4.19. The van der Waals surface area contributed by atoms with Gasteiger partial charge in [-0.15, -0.1) is 0 Å². The Morgan fingerprint density at radius 1 is 1.44 bits per heavy atom. The van der Waals surface area contributed by atoms with Crippen molar-refractivity contribution in [2.45, 2.75) is 19.4 Å². The van der Waals surface area contributed by atoms with Crippen LogP contribution < -0.4 is 15.1 Å². The standard InChI is InChI=1S/C14H21N3S/c1-11-10-12-6-4-5-7-13(12)17(11)14(18)15-8-9-16(2)3/h4-7,11H,8-10H2,1-3H3,(H,15,18)/p+1/t11-/m0/s1.